The Labute approximate surface area is 153 Å². The van der Waals surface area contributed by atoms with E-state index < -0.39 is 11.6 Å². The van der Waals surface area contributed by atoms with Gasteiger partial charge in [0.1, 0.15) is 0 Å². The van der Waals surface area contributed by atoms with E-state index in [-0.39, 0.29) is 11.7 Å². The highest BCUT2D eigenvalue weighted by molar-refractivity contribution is 6.36. The molecule has 0 atom stereocenters. The lowest BCUT2D eigenvalue weighted by Gasteiger charge is -2.36. The van der Waals surface area contributed by atoms with Gasteiger partial charge in [0.25, 0.3) is 0 Å². The number of nitrogens with zero attached hydrogens (tertiary/aromatic N) is 2. The highest BCUT2D eigenvalue weighted by Crippen LogP contribution is 2.29. The van der Waals surface area contributed by atoms with E-state index in [0.717, 1.165) is 17.8 Å². The zero-order valence-electron chi connectivity index (χ0n) is 13.1. The minimum Gasteiger partial charge on any atom is -0.367 e. The van der Waals surface area contributed by atoms with Gasteiger partial charge in [0, 0.05) is 43.0 Å². The third kappa shape index (κ3) is 4.14. The average Bonchev–Trinajstić information content (AvgIpc) is 2.58. The molecule has 1 aliphatic heterocycles. The van der Waals surface area contributed by atoms with Crippen molar-refractivity contribution < 1.29 is 13.6 Å². The summed E-state index contributed by atoms with van der Waals surface area (Å²) in [5.41, 5.74) is 1.08. The smallest absolute Gasteiger partial charge is 0.321 e. The summed E-state index contributed by atoms with van der Waals surface area (Å²) in [7, 11) is 0. The number of nitrogens with one attached hydrogen (secondary N) is 1. The first-order valence-corrected chi connectivity index (χ1v) is 8.40. The molecule has 1 aliphatic rings. The number of carbonyl (C=O) groups excluding carboxylic acids is 1. The summed E-state index contributed by atoms with van der Waals surface area (Å²) in [5.74, 6) is -1.95. The molecule has 1 N–H and O–H groups in total. The molecule has 2 aromatic carbocycles. The van der Waals surface area contributed by atoms with Crippen molar-refractivity contribution in [3.8, 4) is 0 Å². The highest BCUT2D eigenvalue weighted by atomic mass is 35.5. The molecule has 2 amide bonds. The Balaban J connectivity index is 1.59. The van der Waals surface area contributed by atoms with Crippen molar-refractivity contribution in [2.24, 2.45) is 0 Å². The molecule has 25 heavy (non-hydrogen) atoms. The van der Waals surface area contributed by atoms with E-state index in [0.29, 0.717) is 36.2 Å². The van der Waals surface area contributed by atoms with Crippen LogP contribution in [-0.2, 0) is 0 Å². The van der Waals surface area contributed by atoms with Gasteiger partial charge in [0.15, 0.2) is 11.6 Å². The normalized spacial score (nSPS) is 14.6. The average molecular weight is 386 g/mol. The highest BCUT2D eigenvalue weighted by Gasteiger charge is 2.22. The van der Waals surface area contributed by atoms with Crippen LogP contribution in [0.25, 0.3) is 0 Å². The minimum absolute atomic E-state index is 0.215. The Morgan fingerprint density at radius 3 is 2.32 bits per heavy atom. The van der Waals surface area contributed by atoms with E-state index in [1.54, 1.807) is 17.0 Å². The fraction of sp³-hybridized carbons (Fsp3) is 0.235. The maximum absolute atomic E-state index is 13.2. The predicted molar refractivity (Wildman–Crippen MR) is 95.6 cm³/mol. The maximum atomic E-state index is 13.2. The molecule has 3 rings (SSSR count). The number of halogens is 4. The Bertz CT molecular complexity index is 795. The molecular weight excluding hydrogens is 371 g/mol. The number of carbonyl (C=O) groups is 1. The number of hydrogen-bond acceptors (Lipinski definition) is 2. The topological polar surface area (TPSA) is 35.6 Å². The third-order valence-electron chi connectivity index (χ3n) is 3.99. The first-order valence-electron chi connectivity index (χ1n) is 7.65. The van der Waals surface area contributed by atoms with Crippen LogP contribution in [-0.4, -0.2) is 37.1 Å². The fourth-order valence-corrected chi connectivity index (χ4v) is 3.19. The van der Waals surface area contributed by atoms with Crippen molar-refractivity contribution in [3.05, 3.63) is 58.1 Å². The summed E-state index contributed by atoms with van der Waals surface area (Å²) < 4.78 is 26.1. The largest absolute Gasteiger partial charge is 0.367 e. The molecule has 1 heterocycles. The van der Waals surface area contributed by atoms with Crippen molar-refractivity contribution in [2.75, 3.05) is 36.4 Å². The summed E-state index contributed by atoms with van der Waals surface area (Å²) >= 11 is 12.1. The van der Waals surface area contributed by atoms with Crippen LogP contribution in [0.4, 0.5) is 25.0 Å². The minimum atomic E-state index is -1.00. The Morgan fingerprint density at radius 2 is 1.68 bits per heavy atom. The maximum Gasteiger partial charge on any atom is 0.321 e. The standard InChI is InChI=1S/C17H15Cl2F2N3O/c18-11-1-4-16(13(19)9-11)23-5-7-24(8-6-23)17(25)22-12-2-3-14(20)15(21)10-12/h1-4,9-10H,5-8H2,(H,22,25). The summed E-state index contributed by atoms with van der Waals surface area (Å²) in [6.07, 6.45) is 0. The van der Waals surface area contributed by atoms with Gasteiger partial charge >= 0.3 is 6.03 Å². The van der Waals surface area contributed by atoms with Gasteiger partial charge in [0.2, 0.25) is 0 Å². The van der Waals surface area contributed by atoms with Gasteiger partial charge in [-0.15, -0.1) is 0 Å². The van der Waals surface area contributed by atoms with Gasteiger partial charge in [-0.2, -0.15) is 0 Å². The van der Waals surface area contributed by atoms with Crippen LogP contribution in [0, 0.1) is 11.6 Å². The lowest BCUT2D eigenvalue weighted by atomic mass is 10.2. The lowest BCUT2D eigenvalue weighted by molar-refractivity contribution is 0.208. The molecule has 2 aromatic rings. The molecule has 132 valence electrons. The molecular formula is C17H15Cl2F2N3O. The van der Waals surface area contributed by atoms with Gasteiger partial charge in [0.05, 0.1) is 10.7 Å². The summed E-state index contributed by atoms with van der Waals surface area (Å²) in [6.45, 7) is 2.17. The van der Waals surface area contributed by atoms with Gasteiger partial charge < -0.3 is 15.1 Å². The molecule has 0 saturated carbocycles. The Kier molecular flexibility index (Phi) is 5.30. The van der Waals surface area contributed by atoms with Crippen LogP contribution in [0.3, 0.4) is 0 Å². The van der Waals surface area contributed by atoms with Gasteiger partial charge in [-0.3, -0.25) is 0 Å². The Morgan fingerprint density at radius 1 is 0.960 bits per heavy atom. The third-order valence-corrected chi connectivity index (χ3v) is 4.53. The molecule has 1 fully saturated rings. The van der Waals surface area contributed by atoms with E-state index >= 15 is 0 Å². The number of anilines is 2. The SMILES string of the molecule is O=C(Nc1ccc(F)c(F)c1)N1CCN(c2ccc(Cl)cc2Cl)CC1. The van der Waals surface area contributed by atoms with Crippen molar-refractivity contribution >= 4 is 40.6 Å². The summed E-state index contributed by atoms with van der Waals surface area (Å²) in [6, 6.07) is 8.20. The van der Waals surface area contributed by atoms with Crippen molar-refractivity contribution in [2.45, 2.75) is 0 Å². The number of hydrogen-bond donors (Lipinski definition) is 1. The Hall–Kier alpha value is -2.05. The monoisotopic (exact) mass is 385 g/mol. The summed E-state index contributed by atoms with van der Waals surface area (Å²) in [4.78, 5) is 15.9. The van der Waals surface area contributed by atoms with Crippen molar-refractivity contribution in [1.82, 2.24) is 4.90 Å². The van der Waals surface area contributed by atoms with E-state index in [9.17, 15) is 13.6 Å². The van der Waals surface area contributed by atoms with E-state index in [2.05, 4.69) is 10.2 Å². The molecule has 0 unspecified atom stereocenters. The number of amides is 2. The van der Waals surface area contributed by atoms with E-state index in [1.165, 1.54) is 6.07 Å². The number of rotatable bonds is 2. The molecule has 0 radical (unpaired) electrons. The van der Waals surface area contributed by atoms with Crippen LogP contribution >= 0.6 is 23.2 Å². The molecule has 0 aliphatic carbocycles. The zero-order valence-corrected chi connectivity index (χ0v) is 14.6. The van der Waals surface area contributed by atoms with Crippen LogP contribution in [0.2, 0.25) is 10.0 Å². The zero-order chi connectivity index (χ0) is 18.0. The van der Waals surface area contributed by atoms with Crippen molar-refractivity contribution in [3.63, 3.8) is 0 Å². The molecule has 0 bridgehead atoms. The quantitative estimate of drug-likeness (QED) is 0.817. The van der Waals surface area contributed by atoms with E-state index in [1.807, 2.05) is 6.07 Å². The van der Waals surface area contributed by atoms with Gasteiger partial charge in [-0.05, 0) is 30.3 Å². The first kappa shape index (κ1) is 17.8. The van der Waals surface area contributed by atoms with Crippen LogP contribution < -0.4 is 10.2 Å². The molecule has 4 nitrogen and oxygen atoms in total. The second kappa shape index (κ2) is 7.45. The fourth-order valence-electron chi connectivity index (χ4n) is 2.66. The lowest BCUT2D eigenvalue weighted by Crippen LogP contribution is -2.50. The molecule has 0 spiro atoms. The number of piperazine rings is 1. The second-order valence-electron chi connectivity index (χ2n) is 5.63. The van der Waals surface area contributed by atoms with Crippen molar-refractivity contribution in [1.29, 1.82) is 0 Å². The first-order chi connectivity index (χ1) is 11.9. The predicted octanol–water partition coefficient (Wildman–Crippen LogP) is 4.63. The molecule has 8 heteroatoms. The number of benzene rings is 2. The van der Waals surface area contributed by atoms with Gasteiger partial charge in [-0.25, -0.2) is 13.6 Å². The number of urea groups is 1. The molecule has 0 aromatic heterocycles. The molecule has 1 saturated heterocycles. The van der Waals surface area contributed by atoms with Crippen LogP contribution in [0.1, 0.15) is 0 Å². The summed E-state index contributed by atoms with van der Waals surface area (Å²) in [5, 5.41) is 3.70. The van der Waals surface area contributed by atoms with Crippen LogP contribution in [0.5, 0.6) is 0 Å². The van der Waals surface area contributed by atoms with E-state index in [4.69, 9.17) is 23.2 Å². The second-order valence-corrected chi connectivity index (χ2v) is 6.47. The van der Waals surface area contributed by atoms with Crippen LogP contribution in [0.15, 0.2) is 36.4 Å². The van der Waals surface area contributed by atoms with Gasteiger partial charge in [-0.1, -0.05) is 23.2 Å².